The Hall–Kier alpha value is -0.370. The molecular formula is C22H30FNaO5. The number of fused-ring (bicyclic) bond motifs is 5. The second-order valence-electron chi connectivity index (χ2n) is 9.75. The summed E-state index contributed by atoms with van der Waals surface area (Å²) in [5, 5.41) is 32.0. The summed E-state index contributed by atoms with van der Waals surface area (Å²) in [6.07, 6.45) is 4.44. The summed E-state index contributed by atoms with van der Waals surface area (Å²) in [6, 6.07) is 0. The fourth-order valence-corrected chi connectivity index (χ4v) is 7.26. The van der Waals surface area contributed by atoms with Crippen LogP contribution in [0.4, 0.5) is 4.39 Å². The molecule has 0 amide bonds. The van der Waals surface area contributed by atoms with E-state index in [1.807, 2.05) is 0 Å². The van der Waals surface area contributed by atoms with Gasteiger partial charge in [0.2, 0.25) is 0 Å². The Labute approximate surface area is 192 Å². The summed E-state index contributed by atoms with van der Waals surface area (Å²) in [5.74, 6) is -2.12. The Kier molecular flexibility index (Phi) is 5.68. The van der Waals surface area contributed by atoms with Crippen LogP contribution in [0.2, 0.25) is 0 Å². The Morgan fingerprint density at radius 3 is 2.59 bits per heavy atom. The number of hydrogen-bond donors (Lipinski definition) is 3. The van der Waals surface area contributed by atoms with Crippen LogP contribution in [-0.4, -0.2) is 80.4 Å². The minimum absolute atomic E-state index is 0. The number of hydrogen-bond acceptors (Lipinski definition) is 5. The van der Waals surface area contributed by atoms with Gasteiger partial charge in [0.05, 0.1) is 6.10 Å². The molecule has 8 atom stereocenters. The van der Waals surface area contributed by atoms with Gasteiger partial charge >= 0.3 is 29.6 Å². The standard InChI is InChI=1S/C22H29FO5.Na.H/c1-12-8-16-15-5-4-13-9-14(25)6-7-19(13,2)21(15,23)17(26)10-20(16,3)22(12,28)18(27)11-24;;/h6-7,9,12,15-17,24,26,28H,4-5,8,10-11H2,1-3H3;;/t12-,15+,16+,17+,19+,20+,21+,22+;;/m1../s1. The fraction of sp³-hybridized carbons (Fsp3) is 0.727. The van der Waals surface area contributed by atoms with Gasteiger partial charge in [-0.25, -0.2) is 4.39 Å². The van der Waals surface area contributed by atoms with E-state index in [9.17, 15) is 24.9 Å². The number of ketones is 2. The number of aliphatic hydroxyl groups is 3. The number of Topliss-reactive ketones (excluding diaryl/α,β-unsaturated/α-hetero) is 1. The molecule has 29 heavy (non-hydrogen) atoms. The number of alkyl halides is 1. The zero-order chi connectivity index (χ0) is 20.7. The molecule has 0 heterocycles. The van der Waals surface area contributed by atoms with E-state index in [0.29, 0.717) is 24.8 Å². The molecule has 3 saturated carbocycles. The summed E-state index contributed by atoms with van der Waals surface area (Å²) < 4.78 is 16.9. The van der Waals surface area contributed by atoms with E-state index in [4.69, 9.17) is 0 Å². The van der Waals surface area contributed by atoms with Gasteiger partial charge < -0.3 is 15.3 Å². The van der Waals surface area contributed by atoms with Crippen molar-refractivity contribution in [2.75, 3.05) is 6.61 Å². The molecule has 4 rings (SSSR count). The summed E-state index contributed by atoms with van der Waals surface area (Å²) >= 11 is 0. The predicted molar refractivity (Wildman–Crippen MR) is 107 cm³/mol. The second-order valence-corrected chi connectivity index (χ2v) is 9.75. The molecule has 0 radical (unpaired) electrons. The van der Waals surface area contributed by atoms with Crippen LogP contribution in [0.5, 0.6) is 0 Å². The van der Waals surface area contributed by atoms with Crippen molar-refractivity contribution in [3.05, 3.63) is 23.8 Å². The topological polar surface area (TPSA) is 94.8 Å². The van der Waals surface area contributed by atoms with Crippen LogP contribution in [0.1, 0.15) is 46.5 Å². The summed E-state index contributed by atoms with van der Waals surface area (Å²) in [4.78, 5) is 24.4. The maximum absolute atomic E-state index is 16.9. The third-order valence-electron chi connectivity index (χ3n) is 8.79. The number of carbonyl (C=O) groups excluding carboxylic acids is 2. The van der Waals surface area contributed by atoms with E-state index >= 15 is 4.39 Å². The van der Waals surface area contributed by atoms with Crippen molar-refractivity contribution in [3.63, 3.8) is 0 Å². The zero-order valence-electron chi connectivity index (χ0n) is 16.6. The molecule has 0 aromatic heterocycles. The molecule has 0 saturated heterocycles. The first kappa shape index (κ1) is 23.3. The molecule has 5 nitrogen and oxygen atoms in total. The van der Waals surface area contributed by atoms with E-state index in [-0.39, 0.29) is 47.7 Å². The summed E-state index contributed by atoms with van der Waals surface area (Å²) in [5.41, 5.74) is -5.17. The van der Waals surface area contributed by atoms with Crippen molar-refractivity contribution in [2.45, 2.75) is 63.8 Å². The number of allylic oxidation sites excluding steroid dienone is 4. The van der Waals surface area contributed by atoms with Crippen molar-refractivity contribution >= 4 is 41.1 Å². The average molecular weight is 416 g/mol. The molecule has 0 unspecified atom stereocenters. The number of aliphatic hydroxyl groups excluding tert-OH is 2. The Morgan fingerprint density at radius 1 is 1.31 bits per heavy atom. The molecule has 4 aliphatic carbocycles. The molecule has 4 aliphatic rings. The quantitative estimate of drug-likeness (QED) is 0.589. The van der Waals surface area contributed by atoms with Gasteiger partial charge in [-0.15, -0.1) is 0 Å². The third kappa shape index (κ3) is 2.60. The van der Waals surface area contributed by atoms with E-state index < -0.39 is 52.4 Å². The van der Waals surface area contributed by atoms with Crippen molar-refractivity contribution in [3.8, 4) is 0 Å². The molecular weight excluding hydrogens is 386 g/mol. The Balaban J connectivity index is 0.00000240. The van der Waals surface area contributed by atoms with Gasteiger partial charge in [-0.3, -0.25) is 9.59 Å². The van der Waals surface area contributed by atoms with Crippen LogP contribution in [0, 0.1) is 28.6 Å². The number of halogens is 1. The normalized spacial score (nSPS) is 50.7. The van der Waals surface area contributed by atoms with Crippen LogP contribution >= 0.6 is 0 Å². The first-order chi connectivity index (χ1) is 13.0. The average Bonchev–Trinajstić information content (AvgIpc) is 2.84. The van der Waals surface area contributed by atoms with Crippen molar-refractivity contribution in [1.82, 2.24) is 0 Å². The second kappa shape index (κ2) is 7.07. The molecule has 0 spiro atoms. The fourth-order valence-electron chi connectivity index (χ4n) is 7.26. The van der Waals surface area contributed by atoms with Crippen LogP contribution in [0.3, 0.4) is 0 Å². The number of rotatable bonds is 2. The zero-order valence-corrected chi connectivity index (χ0v) is 16.6. The van der Waals surface area contributed by atoms with Gasteiger partial charge in [0.25, 0.3) is 0 Å². The summed E-state index contributed by atoms with van der Waals surface area (Å²) in [6.45, 7) is 4.48. The SMILES string of the molecule is C[C@@H]1C[C@H]2[C@@H]3CCC4=CC(=O)C=C[C@]4(C)[C@@]3(F)[C@@H](O)C[C@]2(C)[C@@]1(O)C(=O)CO.[NaH]. The van der Waals surface area contributed by atoms with E-state index in [2.05, 4.69) is 0 Å². The molecule has 0 aromatic rings. The molecule has 0 bridgehead atoms. The monoisotopic (exact) mass is 416 g/mol. The van der Waals surface area contributed by atoms with E-state index in [1.54, 1.807) is 26.8 Å². The Bertz CT molecular complexity index is 811. The molecule has 7 heteroatoms. The van der Waals surface area contributed by atoms with Gasteiger partial charge in [0.15, 0.2) is 17.2 Å². The molecule has 0 aromatic carbocycles. The van der Waals surface area contributed by atoms with Crippen LogP contribution in [0.15, 0.2) is 23.8 Å². The van der Waals surface area contributed by atoms with Crippen molar-refractivity contribution < 1.29 is 29.3 Å². The molecule has 156 valence electrons. The van der Waals surface area contributed by atoms with Gasteiger partial charge in [-0.1, -0.05) is 25.5 Å². The van der Waals surface area contributed by atoms with Crippen LogP contribution < -0.4 is 0 Å². The first-order valence-electron chi connectivity index (χ1n) is 10.1. The van der Waals surface area contributed by atoms with Gasteiger partial charge in [0, 0.05) is 16.7 Å². The van der Waals surface area contributed by atoms with Gasteiger partial charge in [-0.05, 0) is 56.6 Å². The Morgan fingerprint density at radius 2 is 1.97 bits per heavy atom. The van der Waals surface area contributed by atoms with Gasteiger partial charge in [0.1, 0.15) is 12.2 Å². The third-order valence-corrected chi connectivity index (χ3v) is 8.79. The van der Waals surface area contributed by atoms with Crippen LogP contribution in [0.25, 0.3) is 0 Å². The maximum atomic E-state index is 16.9. The van der Waals surface area contributed by atoms with E-state index in [0.717, 1.165) is 0 Å². The van der Waals surface area contributed by atoms with Crippen molar-refractivity contribution in [1.29, 1.82) is 0 Å². The predicted octanol–water partition coefficient (Wildman–Crippen LogP) is 1.25. The summed E-state index contributed by atoms with van der Waals surface area (Å²) in [7, 11) is 0. The first-order valence-corrected chi connectivity index (χ1v) is 10.1. The van der Waals surface area contributed by atoms with Crippen molar-refractivity contribution in [2.24, 2.45) is 28.6 Å². The minimum atomic E-state index is -1.98. The number of carbonyl (C=O) groups is 2. The molecule has 3 fully saturated rings. The molecule has 3 N–H and O–H groups in total. The van der Waals surface area contributed by atoms with E-state index in [1.165, 1.54) is 12.2 Å². The van der Waals surface area contributed by atoms with Crippen LogP contribution in [-0.2, 0) is 9.59 Å². The molecule has 0 aliphatic heterocycles. The van der Waals surface area contributed by atoms with Gasteiger partial charge in [-0.2, -0.15) is 0 Å².